The molecule has 3 N–H and O–H groups in total. The first kappa shape index (κ1) is 22.0. The molecule has 0 radical (unpaired) electrons. The van der Waals surface area contributed by atoms with Crippen molar-refractivity contribution in [1.82, 2.24) is 30.6 Å². The van der Waals surface area contributed by atoms with E-state index in [1.54, 1.807) is 0 Å². The van der Waals surface area contributed by atoms with Crippen molar-refractivity contribution in [2.75, 3.05) is 5.32 Å². The monoisotopic (exact) mass is 467 g/mol. The SMILES string of the molecule is OC1CCCc2nc(C(F)(F)F)nc(NCc3ccc(-c4ccccc4-c4nn[nH]n4)cc3)c21. The summed E-state index contributed by atoms with van der Waals surface area (Å²) in [5, 5.41) is 27.5. The van der Waals surface area contributed by atoms with Crippen molar-refractivity contribution >= 4 is 5.82 Å². The molecule has 0 aliphatic heterocycles. The molecule has 0 fully saturated rings. The molecule has 5 rings (SSSR count). The summed E-state index contributed by atoms with van der Waals surface area (Å²) < 4.78 is 39.9. The third-order valence-electron chi connectivity index (χ3n) is 5.74. The number of aliphatic hydroxyl groups excluding tert-OH is 1. The number of benzene rings is 2. The second kappa shape index (κ2) is 8.82. The van der Waals surface area contributed by atoms with Crippen LogP contribution >= 0.6 is 0 Å². The number of anilines is 1. The van der Waals surface area contributed by atoms with Gasteiger partial charge >= 0.3 is 6.18 Å². The maximum absolute atomic E-state index is 13.3. The molecular weight excluding hydrogens is 447 g/mol. The zero-order valence-corrected chi connectivity index (χ0v) is 17.8. The van der Waals surface area contributed by atoms with Gasteiger partial charge in [0.1, 0.15) is 5.82 Å². The molecule has 8 nitrogen and oxygen atoms in total. The van der Waals surface area contributed by atoms with Crippen molar-refractivity contribution in [2.24, 2.45) is 0 Å². The summed E-state index contributed by atoms with van der Waals surface area (Å²) in [4.78, 5) is 7.37. The van der Waals surface area contributed by atoms with Crippen LogP contribution in [0.4, 0.5) is 19.0 Å². The molecule has 2 heterocycles. The van der Waals surface area contributed by atoms with Gasteiger partial charge in [-0.3, -0.25) is 0 Å². The summed E-state index contributed by atoms with van der Waals surface area (Å²) in [6.07, 6.45) is -4.14. The highest BCUT2D eigenvalue weighted by Crippen LogP contribution is 2.37. The summed E-state index contributed by atoms with van der Waals surface area (Å²) in [6.45, 7) is 0.236. The molecule has 1 unspecified atom stereocenters. The predicted molar refractivity (Wildman–Crippen MR) is 117 cm³/mol. The number of aryl methyl sites for hydroxylation is 1. The Hall–Kier alpha value is -3.86. The molecule has 0 saturated heterocycles. The molecule has 0 amide bonds. The number of halogens is 3. The summed E-state index contributed by atoms with van der Waals surface area (Å²) in [5.74, 6) is -0.693. The molecule has 2 aromatic carbocycles. The number of nitrogens with zero attached hydrogens (tertiary/aromatic N) is 5. The van der Waals surface area contributed by atoms with Crippen molar-refractivity contribution in [1.29, 1.82) is 0 Å². The van der Waals surface area contributed by atoms with E-state index in [4.69, 9.17) is 0 Å². The average Bonchev–Trinajstić information content (AvgIpc) is 3.37. The maximum atomic E-state index is 13.3. The van der Waals surface area contributed by atoms with E-state index < -0.39 is 18.1 Å². The number of rotatable bonds is 5. The van der Waals surface area contributed by atoms with Gasteiger partial charge in [-0.1, -0.05) is 48.5 Å². The third-order valence-corrected chi connectivity index (χ3v) is 5.74. The van der Waals surface area contributed by atoms with Gasteiger partial charge in [-0.2, -0.15) is 18.4 Å². The lowest BCUT2D eigenvalue weighted by Crippen LogP contribution is -2.21. The zero-order valence-electron chi connectivity index (χ0n) is 17.8. The molecule has 174 valence electrons. The molecule has 1 aliphatic rings. The Labute approximate surface area is 192 Å². The number of hydrogen-bond acceptors (Lipinski definition) is 7. The highest BCUT2D eigenvalue weighted by Gasteiger charge is 2.37. The van der Waals surface area contributed by atoms with Crippen molar-refractivity contribution in [3.8, 4) is 22.5 Å². The van der Waals surface area contributed by atoms with Gasteiger partial charge in [0.2, 0.25) is 11.6 Å². The Kier molecular flexibility index (Phi) is 5.70. The van der Waals surface area contributed by atoms with E-state index in [0.717, 1.165) is 22.3 Å². The van der Waals surface area contributed by atoms with E-state index in [-0.39, 0.29) is 18.1 Å². The van der Waals surface area contributed by atoms with E-state index in [1.807, 2.05) is 48.5 Å². The van der Waals surface area contributed by atoms with Gasteiger partial charge in [-0.15, -0.1) is 10.2 Å². The van der Waals surface area contributed by atoms with Crippen molar-refractivity contribution in [3.63, 3.8) is 0 Å². The van der Waals surface area contributed by atoms with Crippen LogP contribution in [0.15, 0.2) is 48.5 Å². The summed E-state index contributed by atoms with van der Waals surface area (Å²) in [6, 6.07) is 15.2. The van der Waals surface area contributed by atoms with Crippen LogP contribution in [0.3, 0.4) is 0 Å². The van der Waals surface area contributed by atoms with Crippen LogP contribution in [-0.2, 0) is 19.1 Å². The van der Waals surface area contributed by atoms with Gasteiger partial charge in [-0.25, -0.2) is 9.97 Å². The van der Waals surface area contributed by atoms with Crippen molar-refractivity contribution in [2.45, 2.75) is 38.1 Å². The number of fused-ring (bicyclic) bond motifs is 1. The fourth-order valence-electron chi connectivity index (χ4n) is 4.12. The first-order chi connectivity index (χ1) is 16.4. The molecule has 4 aromatic rings. The third kappa shape index (κ3) is 4.34. The molecule has 2 aromatic heterocycles. The normalized spacial score (nSPS) is 15.7. The van der Waals surface area contributed by atoms with Gasteiger partial charge < -0.3 is 10.4 Å². The number of tetrazole rings is 1. The molecule has 34 heavy (non-hydrogen) atoms. The molecule has 1 aliphatic carbocycles. The fourth-order valence-corrected chi connectivity index (χ4v) is 4.12. The first-order valence-electron chi connectivity index (χ1n) is 10.7. The second-order valence-corrected chi connectivity index (χ2v) is 7.99. The van der Waals surface area contributed by atoms with Crippen LogP contribution in [0.25, 0.3) is 22.5 Å². The van der Waals surface area contributed by atoms with E-state index >= 15 is 0 Å². The highest BCUT2D eigenvalue weighted by atomic mass is 19.4. The number of aromatic amines is 1. The van der Waals surface area contributed by atoms with E-state index in [9.17, 15) is 18.3 Å². The van der Waals surface area contributed by atoms with Crippen LogP contribution < -0.4 is 5.32 Å². The molecule has 0 bridgehead atoms. The molecule has 11 heteroatoms. The largest absolute Gasteiger partial charge is 0.451 e. The van der Waals surface area contributed by atoms with Gasteiger partial charge in [0.05, 0.1) is 11.8 Å². The second-order valence-electron chi connectivity index (χ2n) is 7.99. The van der Waals surface area contributed by atoms with Crippen LogP contribution in [0.1, 0.15) is 41.6 Å². The maximum Gasteiger partial charge on any atom is 0.451 e. The van der Waals surface area contributed by atoms with Crippen LogP contribution in [0, 0.1) is 0 Å². The van der Waals surface area contributed by atoms with Gasteiger partial charge in [0.25, 0.3) is 0 Å². The summed E-state index contributed by atoms with van der Waals surface area (Å²) in [7, 11) is 0. The van der Waals surface area contributed by atoms with Crippen molar-refractivity contribution in [3.05, 3.63) is 71.2 Å². The molecule has 0 spiro atoms. The first-order valence-corrected chi connectivity index (χ1v) is 10.7. The lowest BCUT2D eigenvalue weighted by atomic mass is 9.93. The number of hydrogen-bond donors (Lipinski definition) is 3. The lowest BCUT2D eigenvalue weighted by Gasteiger charge is -2.24. The van der Waals surface area contributed by atoms with E-state index in [0.29, 0.717) is 30.7 Å². The Morgan fingerprint density at radius 1 is 1.03 bits per heavy atom. The van der Waals surface area contributed by atoms with Crippen LogP contribution in [0.2, 0.25) is 0 Å². The quantitative estimate of drug-likeness (QED) is 0.401. The van der Waals surface area contributed by atoms with Crippen LogP contribution in [-0.4, -0.2) is 35.7 Å². The van der Waals surface area contributed by atoms with Gasteiger partial charge in [0, 0.05) is 17.7 Å². The smallest absolute Gasteiger partial charge is 0.388 e. The summed E-state index contributed by atoms with van der Waals surface area (Å²) >= 11 is 0. The standard InChI is InChI=1S/C23H20F3N7O/c24-23(25,26)22-28-17-6-3-7-18(34)19(17)21(29-22)27-12-13-8-10-14(11-9-13)15-4-1-2-5-16(15)20-30-32-33-31-20/h1-2,4-5,8-11,18,34H,3,6-7,12H2,(H,27,28,29)(H,30,31,32,33). The van der Waals surface area contributed by atoms with E-state index in [2.05, 4.69) is 35.9 Å². The Balaban J connectivity index is 1.40. The van der Waals surface area contributed by atoms with Gasteiger partial charge in [-0.05, 0) is 41.2 Å². The zero-order chi connectivity index (χ0) is 23.7. The fraction of sp³-hybridized carbons (Fsp3) is 0.261. The highest BCUT2D eigenvalue weighted by molar-refractivity contribution is 5.80. The average molecular weight is 467 g/mol. The molecular formula is C23H20F3N7O. The number of alkyl halides is 3. The van der Waals surface area contributed by atoms with E-state index in [1.165, 1.54) is 0 Å². The minimum Gasteiger partial charge on any atom is -0.388 e. The number of aliphatic hydroxyl groups is 1. The summed E-state index contributed by atoms with van der Waals surface area (Å²) in [5.41, 5.74) is 4.11. The Morgan fingerprint density at radius 3 is 2.50 bits per heavy atom. The Morgan fingerprint density at radius 2 is 1.79 bits per heavy atom. The van der Waals surface area contributed by atoms with Gasteiger partial charge in [0.15, 0.2) is 0 Å². The number of aromatic nitrogens is 6. The molecule has 0 saturated carbocycles. The topological polar surface area (TPSA) is 113 Å². The Bertz CT molecular complexity index is 1290. The molecule has 1 atom stereocenters. The van der Waals surface area contributed by atoms with Crippen LogP contribution in [0.5, 0.6) is 0 Å². The minimum absolute atomic E-state index is 0.0241. The number of H-pyrrole nitrogens is 1. The minimum atomic E-state index is -4.67. The lowest BCUT2D eigenvalue weighted by molar-refractivity contribution is -0.145. The number of nitrogens with one attached hydrogen (secondary N) is 2. The predicted octanol–water partition coefficient (Wildman–Crippen LogP) is 4.32. The van der Waals surface area contributed by atoms with Crippen molar-refractivity contribution < 1.29 is 18.3 Å².